The lowest BCUT2D eigenvalue weighted by molar-refractivity contribution is 0.0534. The molecule has 0 saturated carbocycles. The van der Waals surface area contributed by atoms with Gasteiger partial charge in [-0.05, 0) is 49.3 Å². The Morgan fingerprint density at radius 1 is 0.812 bits per heavy atom. The maximum absolute atomic E-state index is 12.0. The second-order valence-corrected chi connectivity index (χ2v) is 10.0. The van der Waals surface area contributed by atoms with E-state index in [2.05, 4.69) is 85.0 Å². The zero-order chi connectivity index (χ0) is 23.0. The Morgan fingerprint density at radius 3 is 1.59 bits per heavy atom. The number of hydrogen-bond donors (Lipinski definition) is 1. The highest BCUT2D eigenvalue weighted by molar-refractivity contribution is 8.04. The maximum atomic E-state index is 12.0. The number of benzene rings is 3. The molecule has 0 aliphatic rings. The van der Waals surface area contributed by atoms with E-state index in [1.54, 1.807) is 11.8 Å². The highest BCUT2D eigenvalue weighted by Gasteiger charge is 2.37. The van der Waals surface area contributed by atoms with Crippen molar-refractivity contribution in [3.8, 4) is 0 Å². The summed E-state index contributed by atoms with van der Waals surface area (Å²) in [4.78, 5) is 13.1. The van der Waals surface area contributed by atoms with E-state index in [0.717, 1.165) is 4.91 Å². The van der Waals surface area contributed by atoms with E-state index in [1.807, 2.05) is 45.0 Å². The number of amides is 1. The summed E-state index contributed by atoms with van der Waals surface area (Å²) in [5, 5.41) is 2.82. The number of thioether (sulfide) groups is 1. The van der Waals surface area contributed by atoms with Gasteiger partial charge in [-0.3, -0.25) is 0 Å². The first-order chi connectivity index (χ1) is 15.3. The van der Waals surface area contributed by atoms with Crippen molar-refractivity contribution in [3.05, 3.63) is 119 Å². The summed E-state index contributed by atoms with van der Waals surface area (Å²) in [5.41, 5.74) is 3.10. The molecular formula is C28H31NO2S. The largest absolute Gasteiger partial charge is 0.444 e. The number of hydrogen-bond acceptors (Lipinski definition) is 3. The lowest BCUT2D eigenvalue weighted by Crippen LogP contribution is -2.32. The molecule has 0 aliphatic carbocycles. The number of ether oxygens (including phenoxy) is 1. The zero-order valence-electron chi connectivity index (χ0n) is 19.2. The van der Waals surface area contributed by atoms with Crippen LogP contribution < -0.4 is 5.32 Å². The predicted octanol–water partition coefficient (Wildman–Crippen LogP) is 7.14. The molecule has 3 aromatic carbocycles. The second-order valence-electron chi connectivity index (χ2n) is 8.58. The average molecular weight is 446 g/mol. The molecule has 0 aromatic heterocycles. The number of rotatable bonds is 7. The monoisotopic (exact) mass is 445 g/mol. The minimum atomic E-state index is -0.513. The van der Waals surface area contributed by atoms with Crippen molar-refractivity contribution in [2.24, 2.45) is 0 Å². The van der Waals surface area contributed by atoms with Crippen molar-refractivity contribution in [1.82, 2.24) is 5.32 Å². The van der Waals surface area contributed by atoms with Gasteiger partial charge in [0.2, 0.25) is 0 Å². The Kier molecular flexibility index (Phi) is 7.81. The van der Waals surface area contributed by atoms with Crippen LogP contribution >= 0.6 is 11.8 Å². The topological polar surface area (TPSA) is 38.3 Å². The van der Waals surface area contributed by atoms with E-state index in [-0.39, 0.29) is 0 Å². The van der Waals surface area contributed by atoms with Gasteiger partial charge in [-0.1, -0.05) is 97.1 Å². The zero-order valence-corrected chi connectivity index (χ0v) is 20.0. The molecule has 3 aromatic rings. The smallest absolute Gasteiger partial charge is 0.407 e. The van der Waals surface area contributed by atoms with E-state index in [4.69, 9.17) is 4.74 Å². The maximum Gasteiger partial charge on any atom is 0.407 e. The standard InChI is InChI=1S/C28H31NO2S/c1-22(20-21-29-26(30)31-27(2,3)4)32-28(23-14-8-5-9-15-23,24-16-10-6-11-17-24)25-18-12-7-13-19-25/h5-20H,21H2,1-4H3,(H,29,30)/b22-20+. The third-order valence-corrected chi connectivity index (χ3v) is 6.39. The molecule has 0 atom stereocenters. The number of alkyl carbamates (subject to hydrolysis) is 1. The van der Waals surface area contributed by atoms with Gasteiger partial charge < -0.3 is 10.1 Å². The van der Waals surface area contributed by atoms with E-state index in [1.165, 1.54) is 16.7 Å². The van der Waals surface area contributed by atoms with E-state index in [0.29, 0.717) is 6.54 Å². The van der Waals surface area contributed by atoms with Crippen LogP contribution in [0.25, 0.3) is 0 Å². The van der Waals surface area contributed by atoms with Crippen molar-refractivity contribution in [2.75, 3.05) is 6.54 Å². The van der Waals surface area contributed by atoms with Crippen LogP contribution in [0.2, 0.25) is 0 Å². The summed E-state index contributed by atoms with van der Waals surface area (Å²) < 4.78 is 4.92. The Labute approximate surface area is 195 Å². The number of allylic oxidation sites excluding steroid dienone is 1. The van der Waals surface area contributed by atoms with Crippen LogP contribution in [0.5, 0.6) is 0 Å². The Bertz CT molecular complexity index is 929. The van der Waals surface area contributed by atoms with E-state index >= 15 is 0 Å². The van der Waals surface area contributed by atoms with Crippen LogP contribution in [0.1, 0.15) is 44.4 Å². The fraction of sp³-hybridized carbons (Fsp3) is 0.250. The van der Waals surface area contributed by atoms with Gasteiger partial charge >= 0.3 is 6.09 Å². The highest BCUT2D eigenvalue weighted by Crippen LogP contribution is 2.51. The van der Waals surface area contributed by atoms with Crippen LogP contribution in [-0.4, -0.2) is 18.2 Å². The minimum absolute atomic E-state index is 0.405. The summed E-state index contributed by atoms with van der Waals surface area (Å²) in [6.07, 6.45) is 1.63. The fourth-order valence-electron chi connectivity index (χ4n) is 3.57. The highest BCUT2D eigenvalue weighted by atomic mass is 32.2. The summed E-state index contributed by atoms with van der Waals surface area (Å²) in [5.74, 6) is 0. The third-order valence-electron chi connectivity index (χ3n) is 4.89. The van der Waals surface area contributed by atoms with Crippen molar-refractivity contribution < 1.29 is 9.53 Å². The van der Waals surface area contributed by atoms with Crippen LogP contribution in [0.4, 0.5) is 4.79 Å². The van der Waals surface area contributed by atoms with Gasteiger partial charge in [0.25, 0.3) is 0 Å². The summed E-state index contributed by atoms with van der Waals surface area (Å²) >= 11 is 1.79. The van der Waals surface area contributed by atoms with E-state index < -0.39 is 16.4 Å². The molecule has 0 bridgehead atoms. The normalized spacial score (nSPS) is 12.3. The SMILES string of the molecule is C/C(=C\CNC(=O)OC(C)(C)C)SC(c1ccccc1)(c1ccccc1)c1ccccc1. The molecular weight excluding hydrogens is 414 g/mol. The molecule has 0 fully saturated rings. The number of nitrogens with one attached hydrogen (secondary N) is 1. The first-order valence-electron chi connectivity index (χ1n) is 10.8. The molecule has 1 amide bonds. The molecule has 1 N–H and O–H groups in total. The Morgan fingerprint density at radius 2 is 1.22 bits per heavy atom. The Balaban J connectivity index is 1.97. The van der Waals surface area contributed by atoms with Crippen LogP contribution in [-0.2, 0) is 9.48 Å². The molecule has 166 valence electrons. The van der Waals surface area contributed by atoms with Crippen LogP contribution in [0.15, 0.2) is 102 Å². The molecule has 0 heterocycles. The molecule has 0 spiro atoms. The summed E-state index contributed by atoms with van der Waals surface area (Å²) in [7, 11) is 0. The molecule has 0 unspecified atom stereocenters. The Hall–Kier alpha value is -2.98. The van der Waals surface area contributed by atoms with Gasteiger partial charge in [0, 0.05) is 6.54 Å². The van der Waals surface area contributed by atoms with Gasteiger partial charge in [-0.2, -0.15) is 0 Å². The van der Waals surface area contributed by atoms with Crippen molar-refractivity contribution >= 4 is 17.9 Å². The summed E-state index contributed by atoms with van der Waals surface area (Å²) in [6.45, 7) is 8.07. The molecule has 32 heavy (non-hydrogen) atoms. The molecule has 0 radical (unpaired) electrons. The predicted molar refractivity (Wildman–Crippen MR) is 135 cm³/mol. The van der Waals surface area contributed by atoms with Crippen molar-refractivity contribution in [1.29, 1.82) is 0 Å². The van der Waals surface area contributed by atoms with Gasteiger partial charge in [0.1, 0.15) is 5.60 Å². The van der Waals surface area contributed by atoms with Crippen molar-refractivity contribution in [2.45, 2.75) is 38.0 Å². The quantitative estimate of drug-likeness (QED) is 0.393. The average Bonchev–Trinajstić information content (AvgIpc) is 2.78. The minimum Gasteiger partial charge on any atom is -0.444 e. The van der Waals surface area contributed by atoms with Crippen LogP contribution in [0, 0.1) is 0 Å². The molecule has 3 rings (SSSR count). The molecule has 3 nitrogen and oxygen atoms in total. The molecule has 0 aliphatic heterocycles. The molecule has 0 saturated heterocycles. The first kappa shape index (κ1) is 23.7. The first-order valence-corrected chi connectivity index (χ1v) is 11.6. The fourth-order valence-corrected chi connectivity index (χ4v) is 4.98. The summed E-state index contributed by atoms with van der Waals surface area (Å²) in [6, 6.07) is 31.7. The number of carbonyl (C=O) groups excluding carboxylic acids is 1. The van der Waals surface area contributed by atoms with Gasteiger partial charge in [-0.15, -0.1) is 11.8 Å². The van der Waals surface area contributed by atoms with Gasteiger partial charge in [-0.25, -0.2) is 4.79 Å². The van der Waals surface area contributed by atoms with Crippen LogP contribution in [0.3, 0.4) is 0 Å². The second kappa shape index (κ2) is 10.6. The number of carbonyl (C=O) groups is 1. The van der Waals surface area contributed by atoms with E-state index in [9.17, 15) is 4.79 Å². The lowest BCUT2D eigenvalue weighted by Gasteiger charge is -2.35. The molecule has 4 heteroatoms. The van der Waals surface area contributed by atoms with Gasteiger partial charge in [0.05, 0.1) is 4.75 Å². The third kappa shape index (κ3) is 6.04. The van der Waals surface area contributed by atoms with Crippen molar-refractivity contribution in [3.63, 3.8) is 0 Å². The lowest BCUT2D eigenvalue weighted by atomic mass is 9.84. The van der Waals surface area contributed by atoms with Gasteiger partial charge in [0.15, 0.2) is 0 Å².